The van der Waals surface area contributed by atoms with Gasteiger partial charge in [-0.05, 0) is 38.4 Å². The summed E-state index contributed by atoms with van der Waals surface area (Å²) in [6, 6.07) is 6.73. The van der Waals surface area contributed by atoms with E-state index in [4.69, 9.17) is 0 Å². The molecule has 0 saturated carbocycles. The second kappa shape index (κ2) is 8.20. The van der Waals surface area contributed by atoms with Gasteiger partial charge in [-0.3, -0.25) is 4.79 Å². The number of nitrogens with zero attached hydrogens (tertiary/aromatic N) is 3. The number of rotatable bonds is 8. The molecule has 0 aliphatic carbocycles. The molecule has 1 aromatic heterocycles. The van der Waals surface area contributed by atoms with E-state index < -0.39 is 10.0 Å². The maximum atomic E-state index is 12.7. The largest absolute Gasteiger partial charge is 0.349 e. The minimum atomic E-state index is -3.52. The van der Waals surface area contributed by atoms with Gasteiger partial charge in [0.2, 0.25) is 10.0 Å². The average molecular weight is 381 g/mol. The smallest absolute Gasteiger partial charge is 0.267 e. The number of likely N-dealkylation sites (N-methyl/N-ethyl adjacent to an activating group) is 1. The first-order valence-corrected chi connectivity index (χ1v) is 10.2. The second-order valence-electron chi connectivity index (χ2n) is 6.46. The van der Waals surface area contributed by atoms with Crippen LogP contribution in [0.5, 0.6) is 0 Å². The number of carbonyl (C=O) groups excluding carboxylic acids is 1. The van der Waals surface area contributed by atoms with Crippen LogP contribution in [0.2, 0.25) is 0 Å². The normalized spacial score (nSPS) is 12.3. The van der Waals surface area contributed by atoms with Gasteiger partial charge in [0.25, 0.3) is 5.91 Å². The lowest BCUT2D eigenvalue weighted by Gasteiger charge is -2.18. The molecule has 0 aliphatic rings. The highest BCUT2D eigenvalue weighted by Gasteiger charge is 2.23. The van der Waals surface area contributed by atoms with Crippen molar-refractivity contribution < 1.29 is 13.2 Å². The van der Waals surface area contributed by atoms with Crippen molar-refractivity contribution in [1.82, 2.24) is 19.1 Å². The monoisotopic (exact) mass is 380 g/mol. The van der Waals surface area contributed by atoms with Gasteiger partial charge in [0, 0.05) is 44.1 Å². The second-order valence-corrected chi connectivity index (χ2v) is 8.40. The fourth-order valence-electron chi connectivity index (χ4n) is 2.90. The van der Waals surface area contributed by atoms with Gasteiger partial charge in [-0.25, -0.2) is 8.42 Å². The summed E-state index contributed by atoms with van der Waals surface area (Å²) in [7, 11) is 2.18. The lowest BCUT2D eigenvalue weighted by atomic mass is 10.2. The van der Waals surface area contributed by atoms with E-state index in [-0.39, 0.29) is 10.8 Å². The van der Waals surface area contributed by atoms with Crippen LogP contribution in [-0.4, -0.2) is 68.4 Å². The van der Waals surface area contributed by atoms with Crippen LogP contribution < -0.4 is 5.32 Å². The van der Waals surface area contributed by atoms with Crippen LogP contribution in [0, 0.1) is 0 Å². The van der Waals surface area contributed by atoms with Gasteiger partial charge in [-0.2, -0.15) is 4.31 Å². The molecule has 1 N–H and O–H groups in total. The van der Waals surface area contributed by atoms with Gasteiger partial charge in [0.15, 0.2) is 0 Å². The Balaban J connectivity index is 2.35. The zero-order valence-electron chi connectivity index (χ0n) is 16.1. The van der Waals surface area contributed by atoms with Crippen LogP contribution in [0.3, 0.4) is 0 Å². The fourth-order valence-corrected chi connectivity index (χ4v) is 4.40. The molecule has 7 nitrogen and oxygen atoms in total. The minimum absolute atomic E-state index is 0.168. The summed E-state index contributed by atoms with van der Waals surface area (Å²) in [4.78, 5) is 14.7. The number of carbonyl (C=O) groups is 1. The van der Waals surface area contributed by atoms with Gasteiger partial charge in [0.1, 0.15) is 5.69 Å². The van der Waals surface area contributed by atoms with Crippen molar-refractivity contribution in [3.8, 4) is 0 Å². The van der Waals surface area contributed by atoms with Crippen LogP contribution >= 0.6 is 0 Å². The third kappa shape index (κ3) is 4.08. The minimum Gasteiger partial charge on any atom is -0.349 e. The van der Waals surface area contributed by atoms with Gasteiger partial charge >= 0.3 is 0 Å². The molecule has 2 aromatic rings. The predicted octanol–water partition coefficient (Wildman–Crippen LogP) is 1.50. The standard InChI is InChI=1S/C18H28N4O3S/c1-6-22(7-2)26(24,25)15-8-9-16-14(12-15)13-17(21(16)5)18(23)19-10-11-20(3)4/h8-9,12-13H,6-7,10-11H2,1-5H3,(H,19,23). The number of benzene rings is 1. The molecule has 0 saturated heterocycles. The van der Waals surface area contributed by atoms with Crippen LogP contribution in [0.4, 0.5) is 0 Å². The molecule has 2 rings (SSSR count). The van der Waals surface area contributed by atoms with E-state index in [2.05, 4.69) is 5.32 Å². The molecule has 8 heteroatoms. The van der Waals surface area contributed by atoms with Crippen molar-refractivity contribution >= 4 is 26.8 Å². The summed E-state index contributed by atoms with van der Waals surface area (Å²) in [5.74, 6) is -0.168. The third-order valence-corrected chi connectivity index (χ3v) is 6.48. The SMILES string of the molecule is CCN(CC)S(=O)(=O)c1ccc2c(c1)cc(C(=O)NCCN(C)C)n2C. The maximum absolute atomic E-state index is 12.7. The average Bonchev–Trinajstić information content (AvgIpc) is 2.92. The third-order valence-electron chi connectivity index (χ3n) is 4.43. The van der Waals surface area contributed by atoms with Crippen molar-refractivity contribution in [1.29, 1.82) is 0 Å². The van der Waals surface area contributed by atoms with E-state index in [9.17, 15) is 13.2 Å². The molecule has 0 radical (unpaired) electrons. The van der Waals surface area contributed by atoms with E-state index in [1.54, 1.807) is 28.8 Å². The number of amides is 1. The highest BCUT2D eigenvalue weighted by atomic mass is 32.2. The number of aromatic nitrogens is 1. The Bertz CT molecular complexity index is 883. The van der Waals surface area contributed by atoms with Gasteiger partial charge in [-0.1, -0.05) is 13.8 Å². The number of aryl methyl sites for hydroxylation is 1. The zero-order chi connectivity index (χ0) is 19.5. The summed E-state index contributed by atoms with van der Waals surface area (Å²) >= 11 is 0. The molecule has 0 atom stereocenters. The zero-order valence-corrected chi connectivity index (χ0v) is 16.9. The fraction of sp³-hybridized carbons (Fsp3) is 0.500. The van der Waals surface area contributed by atoms with E-state index in [1.165, 1.54) is 4.31 Å². The Labute approximate surface area is 155 Å². The topological polar surface area (TPSA) is 74.7 Å². The van der Waals surface area contributed by atoms with E-state index in [0.717, 1.165) is 17.4 Å². The van der Waals surface area contributed by atoms with Crippen molar-refractivity contribution in [2.45, 2.75) is 18.7 Å². The molecule has 144 valence electrons. The van der Waals surface area contributed by atoms with E-state index in [0.29, 0.717) is 25.3 Å². The number of nitrogens with one attached hydrogen (secondary N) is 1. The Morgan fingerprint density at radius 1 is 1.15 bits per heavy atom. The van der Waals surface area contributed by atoms with Crippen molar-refractivity contribution in [2.75, 3.05) is 40.3 Å². The first-order chi connectivity index (χ1) is 12.2. The van der Waals surface area contributed by atoms with Crippen LogP contribution in [0.25, 0.3) is 10.9 Å². The van der Waals surface area contributed by atoms with Crippen molar-refractivity contribution in [3.05, 3.63) is 30.0 Å². The van der Waals surface area contributed by atoms with Crippen LogP contribution in [0.1, 0.15) is 24.3 Å². The molecule has 0 spiro atoms. The molecule has 1 heterocycles. The summed E-state index contributed by atoms with van der Waals surface area (Å²) in [6.07, 6.45) is 0. The molecule has 0 unspecified atom stereocenters. The van der Waals surface area contributed by atoms with Gasteiger partial charge in [-0.15, -0.1) is 0 Å². The highest BCUT2D eigenvalue weighted by molar-refractivity contribution is 7.89. The summed E-state index contributed by atoms with van der Waals surface area (Å²) in [5, 5.41) is 3.62. The number of hydrogen-bond donors (Lipinski definition) is 1. The maximum Gasteiger partial charge on any atom is 0.267 e. The quantitative estimate of drug-likeness (QED) is 0.753. The first kappa shape index (κ1) is 20.4. The number of sulfonamides is 1. The molecular weight excluding hydrogens is 352 g/mol. The number of hydrogen-bond acceptors (Lipinski definition) is 4. The van der Waals surface area contributed by atoms with E-state index in [1.807, 2.05) is 39.9 Å². The molecular formula is C18H28N4O3S. The summed E-state index contributed by atoms with van der Waals surface area (Å²) in [5.41, 5.74) is 1.33. The predicted molar refractivity (Wildman–Crippen MR) is 104 cm³/mol. The highest BCUT2D eigenvalue weighted by Crippen LogP contribution is 2.24. The Morgan fingerprint density at radius 2 is 1.81 bits per heavy atom. The summed E-state index contributed by atoms with van der Waals surface area (Å²) in [6.45, 7) is 5.78. The molecule has 1 aromatic carbocycles. The molecule has 0 fully saturated rings. The van der Waals surface area contributed by atoms with Gasteiger partial charge in [0.05, 0.1) is 4.90 Å². The Kier molecular flexibility index (Phi) is 6.44. The molecule has 0 bridgehead atoms. The Hall–Kier alpha value is -1.90. The van der Waals surface area contributed by atoms with Gasteiger partial charge < -0.3 is 14.8 Å². The van der Waals surface area contributed by atoms with Crippen LogP contribution in [0.15, 0.2) is 29.2 Å². The molecule has 1 amide bonds. The molecule has 26 heavy (non-hydrogen) atoms. The number of fused-ring (bicyclic) bond motifs is 1. The lowest BCUT2D eigenvalue weighted by Crippen LogP contribution is -2.32. The lowest BCUT2D eigenvalue weighted by molar-refractivity contribution is 0.0943. The van der Waals surface area contributed by atoms with Crippen molar-refractivity contribution in [2.24, 2.45) is 7.05 Å². The first-order valence-electron chi connectivity index (χ1n) is 8.74. The summed E-state index contributed by atoms with van der Waals surface area (Å²) < 4.78 is 28.6. The Morgan fingerprint density at radius 3 is 2.38 bits per heavy atom. The molecule has 0 aliphatic heterocycles. The van der Waals surface area contributed by atoms with Crippen molar-refractivity contribution in [3.63, 3.8) is 0 Å². The van der Waals surface area contributed by atoms with E-state index >= 15 is 0 Å². The van der Waals surface area contributed by atoms with Crippen LogP contribution in [-0.2, 0) is 17.1 Å².